The van der Waals surface area contributed by atoms with Crippen molar-refractivity contribution in [2.24, 2.45) is 0 Å². The van der Waals surface area contributed by atoms with E-state index in [9.17, 15) is 5.11 Å². The number of rotatable bonds is 9. The van der Waals surface area contributed by atoms with E-state index >= 15 is 0 Å². The van der Waals surface area contributed by atoms with Crippen LogP contribution < -0.4 is 5.32 Å². The molecule has 0 aromatic rings. The third-order valence-corrected chi connectivity index (χ3v) is 2.01. The van der Waals surface area contributed by atoms with E-state index in [1.165, 1.54) is 0 Å². The van der Waals surface area contributed by atoms with E-state index < -0.39 is 6.10 Å². The predicted molar refractivity (Wildman–Crippen MR) is 56.5 cm³/mol. The summed E-state index contributed by atoms with van der Waals surface area (Å²) in [5.41, 5.74) is 0. The minimum absolute atomic E-state index is 0.330. The molecule has 4 nitrogen and oxygen atoms in total. The molecule has 86 valence electrons. The van der Waals surface area contributed by atoms with Gasteiger partial charge in [-0.05, 0) is 6.42 Å². The topological polar surface area (TPSA) is 50.7 Å². The summed E-state index contributed by atoms with van der Waals surface area (Å²) in [6.07, 6.45) is 1.74. The highest BCUT2D eigenvalue weighted by molar-refractivity contribution is 4.68. The molecule has 0 rings (SSSR count). The van der Waals surface area contributed by atoms with Crippen LogP contribution >= 0.6 is 0 Å². The van der Waals surface area contributed by atoms with Gasteiger partial charge in [0.1, 0.15) is 0 Å². The first-order valence-electron chi connectivity index (χ1n) is 5.13. The number of hydrogen-bond donors (Lipinski definition) is 2. The van der Waals surface area contributed by atoms with Crippen LogP contribution in [0, 0.1) is 0 Å². The number of aliphatic hydroxyl groups is 1. The standard InChI is InChI=1S/C10H23NO3/c1-4-5-9(7-13-2)11-6-10(12)8-14-3/h9-12H,4-8H2,1-3H3. The first-order valence-corrected chi connectivity index (χ1v) is 5.13. The van der Waals surface area contributed by atoms with Crippen LogP contribution in [-0.4, -0.2) is 51.2 Å². The summed E-state index contributed by atoms with van der Waals surface area (Å²) in [6, 6.07) is 0.330. The molecule has 0 aliphatic rings. The Morgan fingerprint density at radius 3 is 2.36 bits per heavy atom. The molecule has 0 aromatic carbocycles. The molecule has 4 heteroatoms. The number of ether oxygens (including phenoxy) is 2. The average molecular weight is 205 g/mol. The second-order valence-electron chi connectivity index (χ2n) is 3.46. The van der Waals surface area contributed by atoms with Gasteiger partial charge in [-0.3, -0.25) is 0 Å². The summed E-state index contributed by atoms with van der Waals surface area (Å²) in [6.45, 7) is 3.75. The molecule has 0 saturated carbocycles. The maximum Gasteiger partial charge on any atom is 0.0897 e. The minimum Gasteiger partial charge on any atom is -0.389 e. The Hall–Kier alpha value is -0.160. The Morgan fingerprint density at radius 2 is 1.86 bits per heavy atom. The van der Waals surface area contributed by atoms with Crippen molar-refractivity contribution >= 4 is 0 Å². The quantitative estimate of drug-likeness (QED) is 0.572. The molecule has 14 heavy (non-hydrogen) atoms. The fraction of sp³-hybridized carbons (Fsp3) is 1.00. The number of methoxy groups -OCH3 is 2. The van der Waals surface area contributed by atoms with Crippen LogP contribution in [-0.2, 0) is 9.47 Å². The van der Waals surface area contributed by atoms with Crippen molar-refractivity contribution in [3.8, 4) is 0 Å². The van der Waals surface area contributed by atoms with Crippen LogP contribution in [0.2, 0.25) is 0 Å². The van der Waals surface area contributed by atoms with Gasteiger partial charge in [-0.1, -0.05) is 13.3 Å². The van der Waals surface area contributed by atoms with Crippen molar-refractivity contribution in [2.45, 2.75) is 31.9 Å². The van der Waals surface area contributed by atoms with Gasteiger partial charge in [0, 0.05) is 26.8 Å². The van der Waals surface area contributed by atoms with E-state index in [-0.39, 0.29) is 0 Å². The SMILES string of the molecule is CCCC(COC)NCC(O)COC. The lowest BCUT2D eigenvalue weighted by Gasteiger charge is -2.19. The molecule has 0 amide bonds. The second kappa shape index (κ2) is 9.40. The second-order valence-corrected chi connectivity index (χ2v) is 3.46. The monoisotopic (exact) mass is 205 g/mol. The Morgan fingerprint density at radius 1 is 1.21 bits per heavy atom. The van der Waals surface area contributed by atoms with Crippen LogP contribution in [0.1, 0.15) is 19.8 Å². The van der Waals surface area contributed by atoms with E-state index in [1.54, 1.807) is 14.2 Å². The molecule has 0 aliphatic heterocycles. The van der Waals surface area contributed by atoms with Crippen molar-refractivity contribution < 1.29 is 14.6 Å². The molecular weight excluding hydrogens is 182 g/mol. The summed E-state index contributed by atoms with van der Waals surface area (Å²) in [5, 5.41) is 12.7. The molecule has 2 unspecified atom stereocenters. The van der Waals surface area contributed by atoms with Crippen LogP contribution in [0.5, 0.6) is 0 Å². The van der Waals surface area contributed by atoms with Crippen molar-refractivity contribution in [3.05, 3.63) is 0 Å². The Labute approximate surface area is 86.6 Å². The summed E-state index contributed by atoms with van der Waals surface area (Å²) in [5.74, 6) is 0. The van der Waals surface area contributed by atoms with E-state index in [0.717, 1.165) is 12.8 Å². The normalized spacial score (nSPS) is 15.4. The molecule has 0 saturated heterocycles. The molecule has 0 spiro atoms. The van der Waals surface area contributed by atoms with Gasteiger partial charge in [0.05, 0.1) is 19.3 Å². The van der Waals surface area contributed by atoms with E-state index in [2.05, 4.69) is 12.2 Å². The smallest absolute Gasteiger partial charge is 0.0897 e. The Balaban J connectivity index is 3.57. The molecule has 0 aromatic heterocycles. The Kier molecular flexibility index (Phi) is 9.29. The first-order chi connectivity index (χ1) is 6.74. The van der Waals surface area contributed by atoms with Crippen LogP contribution in [0.15, 0.2) is 0 Å². The highest BCUT2D eigenvalue weighted by Gasteiger charge is 2.09. The van der Waals surface area contributed by atoms with E-state index in [0.29, 0.717) is 25.8 Å². The molecule has 0 fully saturated rings. The zero-order chi connectivity index (χ0) is 10.8. The van der Waals surface area contributed by atoms with Gasteiger partial charge in [0.15, 0.2) is 0 Å². The molecule has 2 atom stereocenters. The van der Waals surface area contributed by atoms with Crippen LogP contribution in [0.4, 0.5) is 0 Å². The van der Waals surface area contributed by atoms with Gasteiger partial charge in [-0.2, -0.15) is 0 Å². The van der Waals surface area contributed by atoms with E-state index in [1.807, 2.05) is 0 Å². The lowest BCUT2D eigenvalue weighted by atomic mass is 10.2. The summed E-state index contributed by atoms with van der Waals surface area (Å²) >= 11 is 0. The molecule has 0 bridgehead atoms. The van der Waals surface area contributed by atoms with Gasteiger partial charge in [-0.15, -0.1) is 0 Å². The summed E-state index contributed by atoms with van der Waals surface area (Å²) in [4.78, 5) is 0. The number of aliphatic hydroxyl groups excluding tert-OH is 1. The third-order valence-electron chi connectivity index (χ3n) is 2.01. The predicted octanol–water partition coefficient (Wildman–Crippen LogP) is 0.398. The third kappa shape index (κ3) is 7.26. The summed E-state index contributed by atoms with van der Waals surface area (Å²) in [7, 11) is 3.28. The number of hydrogen-bond acceptors (Lipinski definition) is 4. The molecule has 2 N–H and O–H groups in total. The maximum atomic E-state index is 9.41. The van der Waals surface area contributed by atoms with Crippen LogP contribution in [0.3, 0.4) is 0 Å². The van der Waals surface area contributed by atoms with Gasteiger partial charge < -0.3 is 19.9 Å². The van der Waals surface area contributed by atoms with Crippen LogP contribution in [0.25, 0.3) is 0 Å². The number of nitrogens with one attached hydrogen (secondary N) is 1. The largest absolute Gasteiger partial charge is 0.389 e. The minimum atomic E-state index is -0.434. The fourth-order valence-electron chi connectivity index (χ4n) is 1.35. The van der Waals surface area contributed by atoms with Gasteiger partial charge >= 0.3 is 0 Å². The molecule has 0 radical (unpaired) electrons. The zero-order valence-electron chi connectivity index (χ0n) is 9.45. The van der Waals surface area contributed by atoms with Crippen molar-refractivity contribution in [3.63, 3.8) is 0 Å². The molecule has 0 aliphatic carbocycles. The van der Waals surface area contributed by atoms with Gasteiger partial charge in [0.25, 0.3) is 0 Å². The lowest BCUT2D eigenvalue weighted by molar-refractivity contribution is 0.0589. The molecule has 0 heterocycles. The van der Waals surface area contributed by atoms with Gasteiger partial charge in [0.2, 0.25) is 0 Å². The van der Waals surface area contributed by atoms with Crippen molar-refractivity contribution in [1.29, 1.82) is 0 Å². The highest BCUT2D eigenvalue weighted by Crippen LogP contribution is 1.97. The van der Waals surface area contributed by atoms with Crippen molar-refractivity contribution in [2.75, 3.05) is 34.0 Å². The zero-order valence-corrected chi connectivity index (χ0v) is 9.45. The summed E-state index contributed by atoms with van der Waals surface area (Å²) < 4.78 is 9.91. The van der Waals surface area contributed by atoms with Gasteiger partial charge in [-0.25, -0.2) is 0 Å². The molecular formula is C10H23NO3. The lowest BCUT2D eigenvalue weighted by Crippen LogP contribution is -2.39. The Bertz CT molecular complexity index is 116. The fourth-order valence-corrected chi connectivity index (χ4v) is 1.35. The maximum absolute atomic E-state index is 9.41. The average Bonchev–Trinajstić information content (AvgIpc) is 2.15. The van der Waals surface area contributed by atoms with E-state index in [4.69, 9.17) is 9.47 Å². The van der Waals surface area contributed by atoms with Crippen molar-refractivity contribution in [1.82, 2.24) is 5.32 Å². The highest BCUT2D eigenvalue weighted by atomic mass is 16.5. The first kappa shape index (κ1) is 13.8.